The summed E-state index contributed by atoms with van der Waals surface area (Å²) < 4.78 is 10.1. The Morgan fingerprint density at radius 1 is 1.42 bits per heavy atom. The standard InChI is InChI=1S/C17H20N4O4S/c1-20(9-15-18-14(19-25-15)7-8-24-2)16(22)10-21-12-5-3-4-6-13(12)26-11-17(21)23/h3-6H,7-11H2,1-2H3. The fraction of sp³-hybridized carbons (Fsp3) is 0.412. The summed E-state index contributed by atoms with van der Waals surface area (Å²) in [6.45, 7) is 0.678. The van der Waals surface area contributed by atoms with Gasteiger partial charge in [-0.15, -0.1) is 11.8 Å². The fourth-order valence-electron chi connectivity index (χ4n) is 2.52. The number of carbonyl (C=O) groups is 2. The van der Waals surface area contributed by atoms with Gasteiger partial charge < -0.3 is 19.1 Å². The maximum absolute atomic E-state index is 12.6. The van der Waals surface area contributed by atoms with Crippen LogP contribution < -0.4 is 4.90 Å². The quantitative estimate of drug-likeness (QED) is 0.721. The number of amides is 2. The Labute approximate surface area is 155 Å². The highest BCUT2D eigenvalue weighted by Gasteiger charge is 2.27. The van der Waals surface area contributed by atoms with Crippen molar-refractivity contribution in [1.82, 2.24) is 15.0 Å². The maximum atomic E-state index is 12.6. The number of fused-ring (bicyclic) bond motifs is 1. The first kappa shape index (κ1) is 18.4. The minimum absolute atomic E-state index is 0.0163. The van der Waals surface area contributed by atoms with E-state index in [0.717, 1.165) is 10.6 Å². The van der Waals surface area contributed by atoms with Gasteiger partial charge in [-0.05, 0) is 12.1 Å². The minimum atomic E-state index is -0.198. The molecule has 0 unspecified atom stereocenters. The highest BCUT2D eigenvalue weighted by Crippen LogP contribution is 2.34. The number of benzene rings is 1. The summed E-state index contributed by atoms with van der Waals surface area (Å²) in [6, 6.07) is 7.59. The molecule has 0 saturated carbocycles. The number of methoxy groups -OCH3 is 1. The lowest BCUT2D eigenvalue weighted by molar-refractivity contribution is -0.130. The average Bonchev–Trinajstić information content (AvgIpc) is 3.09. The van der Waals surface area contributed by atoms with E-state index in [1.807, 2.05) is 24.3 Å². The van der Waals surface area contributed by atoms with Gasteiger partial charge in [-0.1, -0.05) is 17.3 Å². The third-order valence-electron chi connectivity index (χ3n) is 3.94. The van der Waals surface area contributed by atoms with Crippen LogP contribution >= 0.6 is 11.8 Å². The molecular weight excluding hydrogens is 356 g/mol. The molecular formula is C17H20N4O4S. The van der Waals surface area contributed by atoms with Crippen LogP contribution in [0.15, 0.2) is 33.7 Å². The van der Waals surface area contributed by atoms with Crippen molar-refractivity contribution < 1.29 is 18.8 Å². The van der Waals surface area contributed by atoms with Gasteiger partial charge in [-0.25, -0.2) is 0 Å². The van der Waals surface area contributed by atoms with Crippen LogP contribution in [0.1, 0.15) is 11.7 Å². The SMILES string of the molecule is COCCc1noc(CN(C)C(=O)CN2C(=O)CSc3ccccc32)n1. The average molecular weight is 376 g/mol. The van der Waals surface area contributed by atoms with Crippen molar-refractivity contribution in [3.8, 4) is 0 Å². The molecule has 2 heterocycles. The summed E-state index contributed by atoms with van der Waals surface area (Å²) in [7, 11) is 3.25. The lowest BCUT2D eigenvalue weighted by Gasteiger charge is -2.29. The number of anilines is 1. The summed E-state index contributed by atoms with van der Waals surface area (Å²) in [5.74, 6) is 0.958. The first-order valence-corrected chi connectivity index (χ1v) is 9.13. The molecule has 1 aromatic carbocycles. The van der Waals surface area contributed by atoms with Crippen LogP contribution in [-0.4, -0.2) is 59.9 Å². The number of rotatable bonds is 7. The molecule has 26 heavy (non-hydrogen) atoms. The van der Waals surface area contributed by atoms with Crippen LogP contribution in [-0.2, 0) is 27.3 Å². The molecule has 0 bridgehead atoms. The van der Waals surface area contributed by atoms with E-state index in [1.165, 1.54) is 21.6 Å². The molecule has 9 heteroatoms. The van der Waals surface area contributed by atoms with Gasteiger partial charge in [0.1, 0.15) is 6.54 Å². The van der Waals surface area contributed by atoms with Gasteiger partial charge in [0.2, 0.25) is 17.7 Å². The topological polar surface area (TPSA) is 88.8 Å². The Kier molecular flexibility index (Phi) is 5.89. The van der Waals surface area contributed by atoms with E-state index < -0.39 is 0 Å². The molecule has 1 aromatic heterocycles. The Hall–Kier alpha value is -2.39. The van der Waals surface area contributed by atoms with Crippen molar-refractivity contribution in [3.63, 3.8) is 0 Å². The van der Waals surface area contributed by atoms with Crippen LogP contribution in [0.4, 0.5) is 5.69 Å². The highest BCUT2D eigenvalue weighted by molar-refractivity contribution is 8.00. The maximum Gasteiger partial charge on any atom is 0.246 e. The normalized spacial score (nSPS) is 13.6. The van der Waals surface area contributed by atoms with E-state index in [4.69, 9.17) is 9.26 Å². The molecule has 0 N–H and O–H groups in total. The van der Waals surface area contributed by atoms with Crippen LogP contribution in [0.2, 0.25) is 0 Å². The Balaban J connectivity index is 1.62. The fourth-order valence-corrected chi connectivity index (χ4v) is 3.46. The summed E-state index contributed by atoms with van der Waals surface area (Å²) in [4.78, 5) is 33.1. The summed E-state index contributed by atoms with van der Waals surface area (Å²) in [5.41, 5.74) is 0.773. The minimum Gasteiger partial charge on any atom is -0.384 e. The number of para-hydroxylation sites is 1. The molecule has 0 radical (unpaired) electrons. The van der Waals surface area contributed by atoms with Crippen molar-refractivity contribution >= 4 is 29.3 Å². The molecule has 3 rings (SSSR count). The van der Waals surface area contributed by atoms with Crippen LogP contribution in [0.25, 0.3) is 0 Å². The van der Waals surface area contributed by atoms with Crippen LogP contribution in [0.3, 0.4) is 0 Å². The predicted octanol–water partition coefficient (Wildman–Crippen LogP) is 1.36. The van der Waals surface area contributed by atoms with E-state index in [1.54, 1.807) is 14.2 Å². The van der Waals surface area contributed by atoms with Crippen LogP contribution in [0, 0.1) is 0 Å². The number of aromatic nitrogens is 2. The number of ether oxygens (including phenoxy) is 1. The van der Waals surface area contributed by atoms with E-state index in [2.05, 4.69) is 10.1 Å². The Morgan fingerprint density at radius 3 is 3.04 bits per heavy atom. The molecule has 1 aliphatic rings. The molecule has 8 nitrogen and oxygen atoms in total. The smallest absolute Gasteiger partial charge is 0.246 e. The highest BCUT2D eigenvalue weighted by atomic mass is 32.2. The summed E-state index contributed by atoms with van der Waals surface area (Å²) in [6.07, 6.45) is 0.550. The van der Waals surface area contributed by atoms with E-state index in [-0.39, 0.29) is 24.9 Å². The molecule has 0 atom stereocenters. The summed E-state index contributed by atoms with van der Waals surface area (Å²) >= 11 is 1.49. The molecule has 0 spiro atoms. The van der Waals surface area contributed by atoms with E-state index in [0.29, 0.717) is 30.5 Å². The Morgan fingerprint density at radius 2 is 2.23 bits per heavy atom. The van der Waals surface area contributed by atoms with Gasteiger partial charge in [0, 0.05) is 25.5 Å². The molecule has 0 saturated heterocycles. The first-order chi connectivity index (χ1) is 12.6. The lowest BCUT2D eigenvalue weighted by Crippen LogP contribution is -2.43. The molecule has 138 valence electrons. The van der Waals surface area contributed by atoms with Gasteiger partial charge >= 0.3 is 0 Å². The molecule has 2 amide bonds. The number of thioether (sulfide) groups is 1. The Bertz CT molecular complexity index is 795. The molecule has 2 aromatic rings. The molecule has 1 aliphatic heterocycles. The monoisotopic (exact) mass is 376 g/mol. The number of hydrogen-bond acceptors (Lipinski definition) is 7. The number of carbonyl (C=O) groups excluding carboxylic acids is 2. The molecule has 0 aliphatic carbocycles. The lowest BCUT2D eigenvalue weighted by atomic mass is 10.2. The number of hydrogen-bond donors (Lipinski definition) is 0. The van der Waals surface area contributed by atoms with E-state index >= 15 is 0 Å². The van der Waals surface area contributed by atoms with Crippen molar-refractivity contribution in [2.24, 2.45) is 0 Å². The zero-order chi connectivity index (χ0) is 18.5. The van der Waals surface area contributed by atoms with Crippen molar-refractivity contribution in [2.75, 3.05) is 38.0 Å². The number of nitrogens with zero attached hydrogens (tertiary/aromatic N) is 4. The second kappa shape index (κ2) is 8.33. The van der Waals surface area contributed by atoms with Gasteiger partial charge in [0.25, 0.3) is 0 Å². The van der Waals surface area contributed by atoms with Gasteiger partial charge in [0.15, 0.2) is 5.82 Å². The second-order valence-corrected chi connectivity index (χ2v) is 6.85. The van der Waals surface area contributed by atoms with Gasteiger partial charge in [-0.2, -0.15) is 4.98 Å². The van der Waals surface area contributed by atoms with Crippen molar-refractivity contribution in [2.45, 2.75) is 17.9 Å². The van der Waals surface area contributed by atoms with Gasteiger partial charge in [-0.3, -0.25) is 9.59 Å². The van der Waals surface area contributed by atoms with Gasteiger partial charge in [0.05, 0.1) is 24.6 Å². The van der Waals surface area contributed by atoms with Crippen molar-refractivity contribution in [3.05, 3.63) is 36.0 Å². The zero-order valence-electron chi connectivity index (χ0n) is 14.7. The predicted molar refractivity (Wildman–Crippen MR) is 95.9 cm³/mol. The second-order valence-electron chi connectivity index (χ2n) is 5.83. The molecule has 0 fully saturated rings. The van der Waals surface area contributed by atoms with Crippen LogP contribution in [0.5, 0.6) is 0 Å². The number of likely N-dealkylation sites (N-methyl/N-ethyl adjacent to an activating group) is 1. The zero-order valence-corrected chi connectivity index (χ0v) is 15.5. The summed E-state index contributed by atoms with van der Waals surface area (Å²) in [5, 5.41) is 3.85. The largest absolute Gasteiger partial charge is 0.384 e. The van der Waals surface area contributed by atoms with E-state index in [9.17, 15) is 9.59 Å². The van der Waals surface area contributed by atoms with Crippen molar-refractivity contribution in [1.29, 1.82) is 0 Å². The third-order valence-corrected chi connectivity index (χ3v) is 4.99. The third kappa shape index (κ3) is 4.23. The first-order valence-electron chi connectivity index (χ1n) is 8.15.